The average Bonchev–Trinajstić information content (AvgIpc) is 2.41. The molecule has 1 aliphatic heterocycles. The Labute approximate surface area is 104 Å². The minimum absolute atomic E-state index is 0.0894. The van der Waals surface area contributed by atoms with Gasteiger partial charge in [-0.2, -0.15) is 0 Å². The Bertz CT molecular complexity index is 579. The Morgan fingerprint density at radius 1 is 1.28 bits per heavy atom. The molecule has 18 heavy (non-hydrogen) atoms. The summed E-state index contributed by atoms with van der Waals surface area (Å²) in [6.45, 7) is 1.09. The first-order chi connectivity index (χ1) is 8.52. The molecule has 0 aliphatic carbocycles. The van der Waals surface area contributed by atoms with E-state index in [0.29, 0.717) is 26.1 Å². The molecule has 0 atom stereocenters. The summed E-state index contributed by atoms with van der Waals surface area (Å²) in [4.78, 5) is 35.7. The highest BCUT2D eigenvalue weighted by atomic mass is 16.5. The summed E-state index contributed by atoms with van der Waals surface area (Å²) < 4.78 is 7.41. The van der Waals surface area contributed by atoms with Gasteiger partial charge < -0.3 is 9.30 Å². The highest BCUT2D eigenvalue weighted by Gasteiger charge is 2.25. The summed E-state index contributed by atoms with van der Waals surface area (Å²) in [6, 6.07) is 0. The molecule has 0 radical (unpaired) electrons. The molecule has 0 N–H and O–H groups in total. The van der Waals surface area contributed by atoms with Crippen molar-refractivity contribution >= 4 is 5.78 Å². The quantitative estimate of drug-likeness (QED) is 0.677. The maximum Gasteiger partial charge on any atom is 0.330 e. The van der Waals surface area contributed by atoms with Crippen LogP contribution in [0.4, 0.5) is 0 Å². The molecule has 0 saturated carbocycles. The van der Waals surface area contributed by atoms with Gasteiger partial charge in [-0.3, -0.25) is 14.2 Å². The fourth-order valence-corrected chi connectivity index (χ4v) is 2.16. The molecular weight excluding hydrogens is 236 g/mol. The average molecular weight is 252 g/mol. The summed E-state index contributed by atoms with van der Waals surface area (Å²) in [5.74, 6) is -0.363. The van der Waals surface area contributed by atoms with Crippen LogP contribution in [0, 0.1) is 5.92 Å². The second-order valence-corrected chi connectivity index (χ2v) is 4.55. The molecule has 0 aromatic carbocycles. The second-order valence-electron chi connectivity index (χ2n) is 4.55. The van der Waals surface area contributed by atoms with Crippen molar-refractivity contribution in [2.75, 3.05) is 13.2 Å². The van der Waals surface area contributed by atoms with E-state index in [9.17, 15) is 14.4 Å². The van der Waals surface area contributed by atoms with Crippen LogP contribution in [0.1, 0.15) is 23.2 Å². The third-order valence-electron chi connectivity index (χ3n) is 3.30. The lowest BCUT2D eigenvalue weighted by atomic mass is 9.92. The maximum absolute atomic E-state index is 12.3. The van der Waals surface area contributed by atoms with Gasteiger partial charge >= 0.3 is 5.69 Å². The Morgan fingerprint density at radius 3 is 2.50 bits per heavy atom. The van der Waals surface area contributed by atoms with Crippen molar-refractivity contribution in [3.8, 4) is 0 Å². The van der Waals surface area contributed by atoms with Crippen LogP contribution in [0.2, 0.25) is 0 Å². The highest BCUT2D eigenvalue weighted by molar-refractivity contribution is 5.97. The second kappa shape index (κ2) is 4.89. The smallest absolute Gasteiger partial charge is 0.330 e. The molecule has 1 aromatic heterocycles. The van der Waals surface area contributed by atoms with Crippen LogP contribution < -0.4 is 11.2 Å². The Balaban J connectivity index is 2.42. The predicted molar refractivity (Wildman–Crippen MR) is 64.8 cm³/mol. The third-order valence-corrected chi connectivity index (χ3v) is 3.30. The van der Waals surface area contributed by atoms with Crippen molar-refractivity contribution in [2.24, 2.45) is 20.0 Å². The number of nitrogens with zero attached hydrogens (tertiary/aromatic N) is 2. The number of aromatic nitrogens is 2. The molecule has 6 nitrogen and oxygen atoms in total. The number of carbonyl (C=O) groups is 1. The zero-order valence-electron chi connectivity index (χ0n) is 10.5. The van der Waals surface area contributed by atoms with Crippen molar-refractivity contribution in [3.63, 3.8) is 0 Å². The molecule has 1 aromatic rings. The number of hydrogen-bond acceptors (Lipinski definition) is 4. The van der Waals surface area contributed by atoms with Crippen molar-refractivity contribution in [1.29, 1.82) is 0 Å². The van der Waals surface area contributed by atoms with Gasteiger partial charge in [0, 0.05) is 39.4 Å². The maximum atomic E-state index is 12.3. The van der Waals surface area contributed by atoms with Gasteiger partial charge in [0.05, 0.1) is 5.56 Å². The van der Waals surface area contributed by atoms with Crippen molar-refractivity contribution in [1.82, 2.24) is 9.13 Å². The lowest BCUT2D eigenvalue weighted by Crippen LogP contribution is -2.41. The summed E-state index contributed by atoms with van der Waals surface area (Å²) >= 11 is 0. The van der Waals surface area contributed by atoms with Crippen molar-refractivity contribution in [3.05, 3.63) is 32.6 Å². The number of aryl methyl sites for hydroxylation is 1. The van der Waals surface area contributed by atoms with Gasteiger partial charge in [0.25, 0.3) is 5.56 Å². The lowest BCUT2D eigenvalue weighted by molar-refractivity contribution is 0.0543. The van der Waals surface area contributed by atoms with Crippen LogP contribution >= 0.6 is 0 Å². The first-order valence-electron chi connectivity index (χ1n) is 5.91. The Kier molecular flexibility index (Phi) is 3.47. The molecule has 0 spiro atoms. The van der Waals surface area contributed by atoms with E-state index in [4.69, 9.17) is 4.74 Å². The van der Waals surface area contributed by atoms with Gasteiger partial charge in [-0.25, -0.2) is 4.79 Å². The molecule has 2 heterocycles. The van der Waals surface area contributed by atoms with E-state index >= 15 is 0 Å². The van der Waals surface area contributed by atoms with E-state index in [2.05, 4.69) is 0 Å². The minimum atomic E-state index is -0.519. The fraction of sp³-hybridized carbons (Fsp3) is 0.583. The molecular formula is C12H16N2O4. The number of ether oxygens (including phenoxy) is 1. The van der Waals surface area contributed by atoms with E-state index in [1.165, 1.54) is 24.9 Å². The number of ketones is 1. The molecule has 1 saturated heterocycles. The molecule has 1 fully saturated rings. The summed E-state index contributed by atoms with van der Waals surface area (Å²) in [5.41, 5.74) is -0.857. The van der Waals surface area contributed by atoms with E-state index in [1.807, 2.05) is 0 Å². The molecule has 0 bridgehead atoms. The number of hydrogen-bond donors (Lipinski definition) is 0. The van der Waals surface area contributed by atoms with Crippen LogP contribution in [0.3, 0.4) is 0 Å². The van der Waals surface area contributed by atoms with Gasteiger partial charge in [0.2, 0.25) is 0 Å². The van der Waals surface area contributed by atoms with E-state index < -0.39 is 11.2 Å². The highest BCUT2D eigenvalue weighted by Crippen LogP contribution is 2.18. The van der Waals surface area contributed by atoms with E-state index in [0.717, 1.165) is 4.57 Å². The van der Waals surface area contributed by atoms with Crippen molar-refractivity contribution in [2.45, 2.75) is 12.8 Å². The van der Waals surface area contributed by atoms with Gasteiger partial charge in [0.15, 0.2) is 5.78 Å². The monoisotopic (exact) mass is 252 g/mol. The van der Waals surface area contributed by atoms with Crippen molar-refractivity contribution < 1.29 is 9.53 Å². The summed E-state index contributed by atoms with van der Waals surface area (Å²) in [7, 11) is 2.91. The Morgan fingerprint density at radius 2 is 1.89 bits per heavy atom. The largest absolute Gasteiger partial charge is 0.381 e. The van der Waals surface area contributed by atoms with Gasteiger partial charge in [-0.15, -0.1) is 0 Å². The molecule has 0 unspecified atom stereocenters. The molecule has 6 heteroatoms. The topological polar surface area (TPSA) is 70.3 Å². The SMILES string of the molecule is Cn1cc(C(=O)C2CCOCC2)c(=O)n(C)c1=O. The number of carbonyl (C=O) groups excluding carboxylic acids is 1. The Hall–Kier alpha value is -1.69. The van der Waals surface area contributed by atoms with Gasteiger partial charge in [-0.1, -0.05) is 0 Å². The predicted octanol–water partition coefficient (Wildman–Crippen LogP) is -0.307. The van der Waals surface area contributed by atoms with E-state index in [-0.39, 0.29) is 17.3 Å². The molecule has 0 amide bonds. The van der Waals surface area contributed by atoms with Gasteiger partial charge in [-0.05, 0) is 12.8 Å². The van der Waals surface area contributed by atoms with Crippen LogP contribution in [0.15, 0.2) is 15.8 Å². The van der Waals surface area contributed by atoms with Gasteiger partial charge in [0.1, 0.15) is 0 Å². The van der Waals surface area contributed by atoms with Crippen LogP contribution in [0.5, 0.6) is 0 Å². The van der Waals surface area contributed by atoms with Crippen LogP contribution in [0.25, 0.3) is 0 Å². The normalized spacial score (nSPS) is 16.8. The third kappa shape index (κ3) is 2.15. The fourth-order valence-electron chi connectivity index (χ4n) is 2.16. The first-order valence-corrected chi connectivity index (χ1v) is 5.91. The van der Waals surface area contributed by atoms with Crippen LogP contribution in [-0.2, 0) is 18.8 Å². The van der Waals surface area contributed by atoms with E-state index in [1.54, 1.807) is 0 Å². The minimum Gasteiger partial charge on any atom is -0.381 e. The number of rotatable bonds is 2. The molecule has 98 valence electrons. The summed E-state index contributed by atoms with van der Waals surface area (Å²) in [5, 5.41) is 0. The molecule has 2 rings (SSSR count). The molecule has 1 aliphatic rings. The zero-order chi connectivity index (χ0) is 13.3. The van der Waals surface area contributed by atoms with Crippen LogP contribution in [-0.4, -0.2) is 28.1 Å². The lowest BCUT2D eigenvalue weighted by Gasteiger charge is -2.20. The first kappa shape index (κ1) is 12.8. The standard InChI is InChI=1S/C12H16N2O4/c1-13-7-9(11(16)14(2)12(13)17)10(15)8-3-5-18-6-4-8/h7-8H,3-6H2,1-2H3. The zero-order valence-corrected chi connectivity index (χ0v) is 10.5. The number of Topliss-reactive ketones (excluding diaryl/α,β-unsaturated/α-hetero) is 1. The summed E-state index contributed by atoms with van der Waals surface area (Å²) in [6.07, 6.45) is 2.60.